The van der Waals surface area contributed by atoms with Crippen molar-refractivity contribution >= 4 is 15.9 Å². The molecule has 0 N–H and O–H groups in total. The second-order valence-electron chi connectivity index (χ2n) is 8.26. The first kappa shape index (κ1) is 17.0. The molecule has 1 heterocycles. The number of ether oxygens (including phenoxy) is 1. The van der Waals surface area contributed by atoms with Crippen molar-refractivity contribution in [3.8, 4) is 0 Å². The molecule has 0 radical (unpaired) electrons. The number of hydrogen-bond acceptors (Lipinski definition) is 4. The lowest BCUT2D eigenvalue weighted by Gasteiger charge is -2.36. The summed E-state index contributed by atoms with van der Waals surface area (Å²) in [5, 5.41) is -0.396. The molecule has 3 fully saturated rings. The minimum atomic E-state index is -3.57. The Morgan fingerprint density at radius 3 is 2.64 bits per heavy atom. The summed E-state index contributed by atoms with van der Waals surface area (Å²) in [5.74, 6) is 0.0258. The second-order valence-corrected chi connectivity index (χ2v) is 10.3. The van der Waals surface area contributed by atoms with Crippen LogP contribution in [0.5, 0.6) is 0 Å². The topological polar surface area (TPSA) is 63.7 Å². The Hall–Kier alpha value is -1.40. The first-order valence-electron chi connectivity index (χ1n) is 8.95. The van der Waals surface area contributed by atoms with Crippen molar-refractivity contribution < 1.29 is 17.9 Å². The molecule has 2 bridgehead atoms. The Labute approximate surface area is 149 Å². The van der Waals surface area contributed by atoms with Crippen LogP contribution in [0.2, 0.25) is 0 Å². The summed E-state index contributed by atoms with van der Waals surface area (Å²) in [4.78, 5) is 12.6. The number of carbonyl (C=O) groups excluding carboxylic acids is 1. The van der Waals surface area contributed by atoms with Crippen LogP contribution < -0.4 is 0 Å². The van der Waals surface area contributed by atoms with E-state index in [1.807, 2.05) is 30.3 Å². The first-order valence-corrected chi connectivity index (χ1v) is 10.5. The number of fused-ring (bicyclic) bond motifs is 1. The molecule has 3 atom stereocenters. The molecule has 0 aromatic heterocycles. The maximum atomic E-state index is 13.0. The van der Waals surface area contributed by atoms with Gasteiger partial charge in [0.05, 0.1) is 11.9 Å². The standard InChI is InChI=1S/C19H25NO4S/c1-18(2)15-8-9-19(18)13-20(25(22,23)16(19)10-15)17(21)12-24-11-14-6-4-3-5-7-14/h3-7,15-16H,8-13H2,1-2H3. The van der Waals surface area contributed by atoms with Crippen LogP contribution in [0.15, 0.2) is 30.3 Å². The summed E-state index contributed by atoms with van der Waals surface area (Å²) in [6, 6.07) is 9.57. The van der Waals surface area contributed by atoms with Crippen molar-refractivity contribution in [1.29, 1.82) is 0 Å². The molecule has 2 aliphatic carbocycles. The van der Waals surface area contributed by atoms with Crippen LogP contribution in [0, 0.1) is 16.7 Å². The van der Waals surface area contributed by atoms with Crippen LogP contribution in [-0.4, -0.2) is 37.0 Å². The Morgan fingerprint density at radius 2 is 2.00 bits per heavy atom. The van der Waals surface area contributed by atoms with Crippen molar-refractivity contribution in [2.24, 2.45) is 16.7 Å². The molecule has 4 rings (SSSR count). The molecule has 1 spiro atoms. The van der Waals surface area contributed by atoms with Crippen LogP contribution in [0.4, 0.5) is 0 Å². The van der Waals surface area contributed by atoms with E-state index in [0.29, 0.717) is 25.5 Å². The second kappa shape index (κ2) is 5.55. The van der Waals surface area contributed by atoms with Crippen LogP contribution >= 0.6 is 0 Å². The number of sulfonamides is 1. The Balaban J connectivity index is 1.47. The fourth-order valence-electron chi connectivity index (χ4n) is 5.42. The molecule has 3 unspecified atom stereocenters. The summed E-state index contributed by atoms with van der Waals surface area (Å²) in [6.45, 7) is 4.81. The fraction of sp³-hybridized carbons (Fsp3) is 0.632. The number of nitrogens with zero attached hydrogens (tertiary/aromatic N) is 1. The van der Waals surface area contributed by atoms with Gasteiger partial charge in [0.1, 0.15) is 6.61 Å². The maximum absolute atomic E-state index is 13.0. The zero-order valence-corrected chi connectivity index (χ0v) is 15.6. The predicted octanol–water partition coefficient (Wildman–Crippen LogP) is 2.57. The minimum absolute atomic E-state index is 0.0232. The van der Waals surface area contributed by atoms with E-state index in [1.54, 1.807) is 0 Å². The highest BCUT2D eigenvalue weighted by atomic mass is 32.2. The molecule has 1 aromatic carbocycles. The van der Waals surface area contributed by atoms with E-state index < -0.39 is 21.2 Å². The molecule has 5 nitrogen and oxygen atoms in total. The van der Waals surface area contributed by atoms with Gasteiger partial charge in [-0.15, -0.1) is 0 Å². The highest BCUT2D eigenvalue weighted by Gasteiger charge is 2.72. The number of rotatable bonds is 4. The zero-order valence-electron chi connectivity index (χ0n) is 14.8. The molecular formula is C19H25NO4S. The van der Waals surface area contributed by atoms with E-state index >= 15 is 0 Å². The van der Waals surface area contributed by atoms with Crippen LogP contribution in [0.1, 0.15) is 38.7 Å². The van der Waals surface area contributed by atoms with E-state index in [9.17, 15) is 13.2 Å². The van der Waals surface area contributed by atoms with Gasteiger partial charge in [-0.05, 0) is 36.2 Å². The van der Waals surface area contributed by atoms with Gasteiger partial charge < -0.3 is 4.74 Å². The number of hydrogen-bond donors (Lipinski definition) is 0. The fourth-order valence-corrected chi connectivity index (χ4v) is 8.01. The summed E-state index contributed by atoms with van der Waals surface area (Å²) >= 11 is 0. The quantitative estimate of drug-likeness (QED) is 0.825. The van der Waals surface area contributed by atoms with Gasteiger partial charge in [0, 0.05) is 12.0 Å². The molecule has 6 heteroatoms. The van der Waals surface area contributed by atoms with E-state index in [2.05, 4.69) is 13.8 Å². The number of amides is 1. The molecule has 1 aromatic rings. The van der Waals surface area contributed by atoms with E-state index in [1.165, 1.54) is 0 Å². The maximum Gasteiger partial charge on any atom is 0.262 e. The summed E-state index contributed by atoms with van der Waals surface area (Å²) in [7, 11) is -3.57. The summed E-state index contributed by atoms with van der Waals surface area (Å²) < 4.78 is 32.5. The Morgan fingerprint density at radius 1 is 1.28 bits per heavy atom. The zero-order chi connectivity index (χ0) is 17.9. The van der Waals surface area contributed by atoms with Gasteiger partial charge in [-0.25, -0.2) is 12.7 Å². The third kappa shape index (κ3) is 2.30. The van der Waals surface area contributed by atoms with Gasteiger partial charge in [0.25, 0.3) is 5.91 Å². The predicted molar refractivity (Wildman–Crippen MR) is 94.1 cm³/mol. The van der Waals surface area contributed by atoms with Gasteiger partial charge >= 0.3 is 0 Å². The lowest BCUT2D eigenvalue weighted by atomic mass is 9.69. The molecule has 1 aliphatic heterocycles. The van der Waals surface area contributed by atoms with Crippen LogP contribution in [0.25, 0.3) is 0 Å². The van der Waals surface area contributed by atoms with Gasteiger partial charge in [0.15, 0.2) is 0 Å². The Kier molecular flexibility index (Phi) is 3.78. The van der Waals surface area contributed by atoms with E-state index in [0.717, 1.165) is 22.7 Å². The molecule has 25 heavy (non-hydrogen) atoms. The highest BCUT2D eigenvalue weighted by molar-refractivity contribution is 7.90. The Bertz CT molecular complexity index is 789. The van der Waals surface area contributed by atoms with Crippen molar-refractivity contribution in [1.82, 2.24) is 4.31 Å². The van der Waals surface area contributed by atoms with Gasteiger partial charge in [-0.2, -0.15) is 0 Å². The van der Waals surface area contributed by atoms with Crippen molar-refractivity contribution in [2.45, 2.75) is 45.0 Å². The van der Waals surface area contributed by atoms with Crippen molar-refractivity contribution in [3.05, 3.63) is 35.9 Å². The number of carbonyl (C=O) groups is 1. The normalized spacial score (nSPS) is 34.2. The lowest BCUT2D eigenvalue weighted by Crippen LogP contribution is -2.40. The molecular weight excluding hydrogens is 338 g/mol. The summed E-state index contributed by atoms with van der Waals surface area (Å²) in [5.41, 5.74) is 0.672. The van der Waals surface area contributed by atoms with Crippen LogP contribution in [0.3, 0.4) is 0 Å². The smallest absolute Gasteiger partial charge is 0.262 e. The largest absolute Gasteiger partial charge is 0.367 e. The molecule has 3 aliphatic rings. The third-order valence-corrected chi connectivity index (χ3v) is 9.38. The molecule has 136 valence electrons. The first-order chi connectivity index (χ1) is 11.8. The SMILES string of the molecule is CC1(C)C2CCC13CN(C(=O)COCc1ccccc1)S(=O)(=O)C3C2. The van der Waals surface area contributed by atoms with E-state index in [-0.39, 0.29) is 17.4 Å². The monoisotopic (exact) mass is 363 g/mol. The van der Waals surface area contributed by atoms with Crippen LogP contribution in [-0.2, 0) is 26.2 Å². The third-order valence-electron chi connectivity index (χ3n) is 7.07. The molecule has 2 saturated carbocycles. The van der Waals surface area contributed by atoms with Crippen molar-refractivity contribution in [3.63, 3.8) is 0 Å². The van der Waals surface area contributed by atoms with E-state index in [4.69, 9.17) is 4.74 Å². The summed E-state index contributed by atoms with van der Waals surface area (Å²) in [6.07, 6.45) is 2.68. The van der Waals surface area contributed by atoms with Gasteiger partial charge in [-0.1, -0.05) is 44.2 Å². The molecule has 1 saturated heterocycles. The number of benzene rings is 1. The van der Waals surface area contributed by atoms with Gasteiger partial charge in [-0.3, -0.25) is 4.79 Å². The van der Waals surface area contributed by atoms with Gasteiger partial charge in [0.2, 0.25) is 10.0 Å². The average molecular weight is 363 g/mol. The van der Waals surface area contributed by atoms with Crippen molar-refractivity contribution in [2.75, 3.05) is 13.2 Å². The highest BCUT2D eigenvalue weighted by Crippen LogP contribution is 2.70. The molecule has 1 amide bonds. The average Bonchev–Trinajstić information content (AvgIpc) is 3.07. The lowest BCUT2D eigenvalue weighted by molar-refractivity contribution is -0.132. The minimum Gasteiger partial charge on any atom is -0.367 e.